The van der Waals surface area contributed by atoms with Gasteiger partial charge in [0.1, 0.15) is 11.9 Å². The average Bonchev–Trinajstić information content (AvgIpc) is 3.57. The molecule has 1 saturated heterocycles. The van der Waals surface area contributed by atoms with Crippen molar-refractivity contribution in [3.8, 4) is 16.9 Å². The number of ether oxygens (including phenoxy) is 1. The second kappa shape index (κ2) is 8.76. The van der Waals surface area contributed by atoms with Crippen LogP contribution in [0.5, 0.6) is 0 Å². The number of hydrogen-bond donors (Lipinski definition) is 1. The van der Waals surface area contributed by atoms with Crippen LogP contribution in [0.25, 0.3) is 16.9 Å². The number of amides is 1. The standard InChI is InChI=1S/C27H25N5O2/c33-27-22-12-4-5-13-24(22)29-26(31(27)17-21-11-7-15-34-21)23-18-32(20-9-2-1-3-10-20)30-25(23)19-8-6-14-28-16-19/h1-6,8-10,12-14,16,18,21,26,29H,7,11,15,17H2/t21-,26-/m1/s1. The third-order valence-electron chi connectivity index (χ3n) is 6.44. The molecule has 4 aromatic rings. The predicted octanol–water partition coefficient (Wildman–Crippen LogP) is 4.68. The normalized spacial score (nSPS) is 19.6. The second-order valence-corrected chi connectivity index (χ2v) is 8.64. The van der Waals surface area contributed by atoms with Crippen LogP contribution < -0.4 is 5.32 Å². The van der Waals surface area contributed by atoms with Crippen molar-refractivity contribution in [2.45, 2.75) is 25.1 Å². The van der Waals surface area contributed by atoms with Gasteiger partial charge < -0.3 is 15.0 Å². The Morgan fingerprint density at radius 1 is 1.03 bits per heavy atom. The maximum absolute atomic E-state index is 13.7. The van der Waals surface area contributed by atoms with Crippen LogP contribution in [-0.2, 0) is 4.74 Å². The van der Waals surface area contributed by atoms with Gasteiger partial charge in [0.2, 0.25) is 0 Å². The first kappa shape index (κ1) is 20.6. The molecule has 0 saturated carbocycles. The summed E-state index contributed by atoms with van der Waals surface area (Å²) in [6.45, 7) is 1.27. The quantitative estimate of drug-likeness (QED) is 0.477. The van der Waals surface area contributed by atoms with Crippen molar-refractivity contribution in [3.63, 3.8) is 0 Å². The van der Waals surface area contributed by atoms with Gasteiger partial charge in [0, 0.05) is 48.6 Å². The summed E-state index contributed by atoms with van der Waals surface area (Å²) in [5.41, 5.74) is 5.06. The summed E-state index contributed by atoms with van der Waals surface area (Å²) in [6, 6.07) is 21.6. The number of hydrogen-bond acceptors (Lipinski definition) is 5. The van der Waals surface area contributed by atoms with E-state index in [1.165, 1.54) is 0 Å². The first-order valence-electron chi connectivity index (χ1n) is 11.6. The minimum absolute atomic E-state index is 0.000511. The summed E-state index contributed by atoms with van der Waals surface area (Å²) in [4.78, 5) is 19.9. The lowest BCUT2D eigenvalue weighted by Gasteiger charge is -2.39. The number of aromatic nitrogens is 3. The number of rotatable bonds is 5. The van der Waals surface area contributed by atoms with Gasteiger partial charge in [-0.1, -0.05) is 30.3 Å². The number of fused-ring (bicyclic) bond motifs is 1. The molecule has 1 amide bonds. The fraction of sp³-hybridized carbons (Fsp3) is 0.222. The number of pyridine rings is 1. The van der Waals surface area contributed by atoms with E-state index in [1.54, 1.807) is 6.20 Å². The Bertz CT molecular complexity index is 1300. The third kappa shape index (κ3) is 3.74. The zero-order valence-electron chi connectivity index (χ0n) is 18.7. The minimum Gasteiger partial charge on any atom is -0.376 e. The van der Waals surface area contributed by atoms with Crippen molar-refractivity contribution < 1.29 is 9.53 Å². The predicted molar refractivity (Wildman–Crippen MR) is 130 cm³/mol. The van der Waals surface area contributed by atoms with Crippen LogP contribution in [0.15, 0.2) is 85.3 Å². The topological polar surface area (TPSA) is 72.3 Å². The molecule has 0 aliphatic carbocycles. The molecule has 2 aromatic heterocycles. The van der Waals surface area contributed by atoms with Gasteiger partial charge in [-0.15, -0.1) is 0 Å². The van der Waals surface area contributed by atoms with Gasteiger partial charge in [-0.25, -0.2) is 4.68 Å². The number of para-hydroxylation sites is 2. The molecule has 0 unspecified atom stereocenters. The molecule has 2 aromatic carbocycles. The highest BCUT2D eigenvalue weighted by atomic mass is 16.5. The minimum atomic E-state index is -0.390. The van der Waals surface area contributed by atoms with Crippen molar-refractivity contribution >= 4 is 11.6 Å². The van der Waals surface area contributed by atoms with Crippen LogP contribution in [0.1, 0.15) is 34.9 Å². The number of nitrogens with zero attached hydrogens (tertiary/aromatic N) is 4. The van der Waals surface area contributed by atoms with E-state index in [2.05, 4.69) is 10.3 Å². The van der Waals surface area contributed by atoms with Gasteiger partial charge in [-0.3, -0.25) is 9.78 Å². The highest BCUT2D eigenvalue weighted by molar-refractivity contribution is 6.02. The van der Waals surface area contributed by atoms with Gasteiger partial charge in [0.05, 0.1) is 17.4 Å². The molecule has 2 aliphatic heterocycles. The monoisotopic (exact) mass is 451 g/mol. The van der Waals surface area contributed by atoms with Crippen molar-refractivity contribution in [1.82, 2.24) is 19.7 Å². The van der Waals surface area contributed by atoms with E-state index in [4.69, 9.17) is 9.84 Å². The van der Waals surface area contributed by atoms with Gasteiger partial charge in [0.25, 0.3) is 5.91 Å². The van der Waals surface area contributed by atoms with Gasteiger partial charge in [0.15, 0.2) is 0 Å². The molecule has 170 valence electrons. The Kier molecular flexibility index (Phi) is 5.31. The van der Waals surface area contributed by atoms with Crippen LogP contribution in [-0.4, -0.2) is 44.8 Å². The largest absolute Gasteiger partial charge is 0.376 e. The molecule has 1 fully saturated rings. The molecule has 34 heavy (non-hydrogen) atoms. The van der Waals surface area contributed by atoms with Crippen molar-refractivity contribution in [1.29, 1.82) is 0 Å². The fourth-order valence-corrected chi connectivity index (χ4v) is 4.76. The van der Waals surface area contributed by atoms with Crippen LogP contribution >= 0.6 is 0 Å². The maximum atomic E-state index is 13.7. The van der Waals surface area contributed by atoms with Crippen LogP contribution in [0.2, 0.25) is 0 Å². The molecule has 6 rings (SSSR count). The SMILES string of the molecule is O=C1c2ccccc2N[C@@H](c2cn(-c3ccccc3)nc2-c2cccnc2)N1C[C@H]1CCCO1. The Labute approximate surface area is 198 Å². The summed E-state index contributed by atoms with van der Waals surface area (Å²) in [6.07, 6.45) is 7.19. The van der Waals surface area contributed by atoms with Gasteiger partial charge in [-0.05, 0) is 49.2 Å². The summed E-state index contributed by atoms with van der Waals surface area (Å²) in [5.74, 6) is -0.000511. The Balaban J connectivity index is 1.49. The molecule has 4 heterocycles. The molecule has 7 heteroatoms. The zero-order chi connectivity index (χ0) is 22.9. The molecule has 0 radical (unpaired) electrons. The van der Waals surface area contributed by atoms with E-state index < -0.39 is 0 Å². The lowest BCUT2D eigenvalue weighted by atomic mass is 10.0. The summed E-state index contributed by atoms with van der Waals surface area (Å²) >= 11 is 0. The molecule has 2 atom stereocenters. The summed E-state index contributed by atoms with van der Waals surface area (Å²) in [5, 5.41) is 8.56. The fourth-order valence-electron chi connectivity index (χ4n) is 4.76. The van der Waals surface area contributed by atoms with E-state index in [0.29, 0.717) is 12.1 Å². The van der Waals surface area contributed by atoms with Crippen LogP contribution in [0.4, 0.5) is 5.69 Å². The third-order valence-corrected chi connectivity index (χ3v) is 6.44. The lowest BCUT2D eigenvalue weighted by Crippen LogP contribution is -2.46. The van der Waals surface area contributed by atoms with E-state index >= 15 is 0 Å². The van der Waals surface area contributed by atoms with Crippen molar-refractivity contribution in [3.05, 3.63) is 96.4 Å². The van der Waals surface area contributed by atoms with Gasteiger partial charge in [-0.2, -0.15) is 5.10 Å². The van der Waals surface area contributed by atoms with E-state index in [0.717, 1.165) is 47.6 Å². The number of carbonyl (C=O) groups excluding carboxylic acids is 1. The number of nitrogens with one attached hydrogen (secondary N) is 1. The highest BCUT2D eigenvalue weighted by Crippen LogP contribution is 2.38. The molecular weight excluding hydrogens is 426 g/mol. The molecule has 1 N–H and O–H groups in total. The second-order valence-electron chi connectivity index (χ2n) is 8.64. The number of anilines is 1. The Morgan fingerprint density at radius 3 is 2.68 bits per heavy atom. The average molecular weight is 452 g/mol. The smallest absolute Gasteiger partial charge is 0.257 e. The summed E-state index contributed by atoms with van der Waals surface area (Å²) in [7, 11) is 0. The Morgan fingerprint density at radius 2 is 1.88 bits per heavy atom. The molecule has 7 nitrogen and oxygen atoms in total. The van der Waals surface area contributed by atoms with Crippen molar-refractivity contribution in [2.24, 2.45) is 0 Å². The van der Waals surface area contributed by atoms with E-state index in [-0.39, 0.29) is 18.2 Å². The first-order valence-corrected chi connectivity index (χ1v) is 11.6. The molecule has 0 spiro atoms. The first-order chi connectivity index (χ1) is 16.8. The van der Waals surface area contributed by atoms with Crippen LogP contribution in [0.3, 0.4) is 0 Å². The lowest BCUT2D eigenvalue weighted by molar-refractivity contribution is 0.0427. The van der Waals surface area contributed by atoms with Crippen LogP contribution in [0, 0.1) is 0 Å². The Hall–Kier alpha value is -3.97. The van der Waals surface area contributed by atoms with E-state index in [9.17, 15) is 4.79 Å². The maximum Gasteiger partial charge on any atom is 0.257 e. The van der Waals surface area contributed by atoms with Crippen molar-refractivity contribution in [2.75, 3.05) is 18.5 Å². The zero-order valence-corrected chi connectivity index (χ0v) is 18.7. The molecular formula is C27H25N5O2. The number of benzene rings is 2. The molecule has 0 bridgehead atoms. The number of carbonyl (C=O) groups is 1. The van der Waals surface area contributed by atoms with Gasteiger partial charge >= 0.3 is 0 Å². The summed E-state index contributed by atoms with van der Waals surface area (Å²) < 4.78 is 7.78. The highest BCUT2D eigenvalue weighted by Gasteiger charge is 2.37. The van der Waals surface area contributed by atoms with E-state index in [1.807, 2.05) is 88.7 Å². The molecule has 2 aliphatic rings.